The van der Waals surface area contributed by atoms with Crippen LogP contribution in [0.2, 0.25) is 0 Å². The van der Waals surface area contributed by atoms with Crippen LogP contribution >= 0.6 is 0 Å². The Hall–Kier alpha value is -1.63. The average molecular weight is 389 g/mol. The van der Waals surface area contributed by atoms with Crippen molar-refractivity contribution in [1.82, 2.24) is 25.0 Å². The van der Waals surface area contributed by atoms with Gasteiger partial charge in [-0.2, -0.15) is 0 Å². The van der Waals surface area contributed by atoms with Gasteiger partial charge in [-0.25, -0.2) is 4.99 Å². The Morgan fingerprint density at radius 1 is 1.07 bits per heavy atom. The van der Waals surface area contributed by atoms with E-state index in [-0.39, 0.29) is 0 Å². The second-order valence-electron chi connectivity index (χ2n) is 8.79. The van der Waals surface area contributed by atoms with Gasteiger partial charge in [-0.1, -0.05) is 19.3 Å². The molecule has 0 spiro atoms. The van der Waals surface area contributed by atoms with E-state index in [2.05, 4.69) is 20.4 Å². The lowest BCUT2D eigenvalue weighted by atomic mass is 9.85. The van der Waals surface area contributed by atoms with Crippen molar-refractivity contribution in [2.75, 3.05) is 26.3 Å². The standard InChI is InChI=1S/C21H36N6O/c1-16-24-25-20(26(16)2)14-22-21(23-19-6-4-3-5-7-19)27-11-8-18(15-27)17-9-12-28-13-10-17/h17-19H,3-15H2,1-2H3,(H,22,23). The van der Waals surface area contributed by atoms with E-state index in [1.807, 2.05) is 18.5 Å². The molecule has 1 N–H and O–H groups in total. The zero-order valence-corrected chi connectivity index (χ0v) is 17.6. The van der Waals surface area contributed by atoms with Crippen LogP contribution in [0.1, 0.15) is 63.0 Å². The molecule has 1 aliphatic carbocycles. The number of ether oxygens (including phenoxy) is 1. The molecule has 3 heterocycles. The van der Waals surface area contributed by atoms with Crippen LogP contribution in [-0.2, 0) is 18.3 Å². The largest absolute Gasteiger partial charge is 0.381 e. The molecule has 0 aromatic carbocycles. The fourth-order valence-corrected chi connectivity index (χ4v) is 4.95. The van der Waals surface area contributed by atoms with Gasteiger partial charge in [-0.05, 0) is 50.9 Å². The minimum Gasteiger partial charge on any atom is -0.381 e. The smallest absolute Gasteiger partial charge is 0.194 e. The minimum atomic E-state index is 0.566. The number of aliphatic imine (C=N–C) groups is 1. The van der Waals surface area contributed by atoms with E-state index in [1.165, 1.54) is 51.4 Å². The molecule has 156 valence electrons. The second-order valence-corrected chi connectivity index (χ2v) is 8.79. The quantitative estimate of drug-likeness (QED) is 0.634. The molecule has 3 aliphatic rings. The molecule has 2 aliphatic heterocycles. The molecule has 4 rings (SSSR count). The third kappa shape index (κ3) is 4.67. The van der Waals surface area contributed by atoms with E-state index < -0.39 is 0 Å². The van der Waals surface area contributed by atoms with Crippen molar-refractivity contribution in [3.05, 3.63) is 11.6 Å². The molecule has 28 heavy (non-hydrogen) atoms. The molecule has 1 aromatic heterocycles. The number of aromatic nitrogens is 3. The number of aryl methyl sites for hydroxylation is 1. The lowest BCUT2D eigenvalue weighted by Gasteiger charge is -2.31. The first-order valence-electron chi connectivity index (χ1n) is 11.2. The van der Waals surface area contributed by atoms with Gasteiger partial charge in [0.1, 0.15) is 12.4 Å². The summed E-state index contributed by atoms with van der Waals surface area (Å²) in [5.74, 6) is 4.55. The molecule has 1 atom stereocenters. The van der Waals surface area contributed by atoms with Crippen LogP contribution in [0.3, 0.4) is 0 Å². The maximum absolute atomic E-state index is 5.57. The van der Waals surface area contributed by atoms with Crippen LogP contribution in [0.25, 0.3) is 0 Å². The summed E-state index contributed by atoms with van der Waals surface area (Å²) >= 11 is 0. The Balaban J connectivity index is 1.44. The number of nitrogens with zero attached hydrogens (tertiary/aromatic N) is 5. The Morgan fingerprint density at radius 3 is 2.57 bits per heavy atom. The van der Waals surface area contributed by atoms with E-state index in [9.17, 15) is 0 Å². The molecule has 0 radical (unpaired) electrons. The van der Waals surface area contributed by atoms with E-state index in [0.717, 1.165) is 55.7 Å². The Kier molecular flexibility index (Phi) is 6.50. The summed E-state index contributed by atoms with van der Waals surface area (Å²) in [6.45, 7) is 6.69. The number of nitrogens with one attached hydrogen (secondary N) is 1. The van der Waals surface area contributed by atoms with Crippen molar-refractivity contribution in [2.24, 2.45) is 23.9 Å². The van der Waals surface area contributed by atoms with Crippen molar-refractivity contribution in [3.63, 3.8) is 0 Å². The lowest BCUT2D eigenvalue weighted by Crippen LogP contribution is -2.46. The predicted octanol–water partition coefficient (Wildman–Crippen LogP) is 2.65. The van der Waals surface area contributed by atoms with Gasteiger partial charge < -0.3 is 19.5 Å². The van der Waals surface area contributed by atoms with Gasteiger partial charge in [-0.3, -0.25) is 0 Å². The molecular formula is C21H36N6O. The third-order valence-electron chi connectivity index (χ3n) is 6.95. The van der Waals surface area contributed by atoms with Crippen LogP contribution in [0.15, 0.2) is 4.99 Å². The zero-order chi connectivity index (χ0) is 19.3. The van der Waals surface area contributed by atoms with Gasteiger partial charge >= 0.3 is 0 Å². The second kappa shape index (κ2) is 9.25. The number of rotatable bonds is 4. The summed E-state index contributed by atoms with van der Waals surface area (Å²) < 4.78 is 7.61. The van der Waals surface area contributed by atoms with Gasteiger partial charge in [0.25, 0.3) is 0 Å². The summed E-state index contributed by atoms with van der Waals surface area (Å²) in [4.78, 5) is 7.51. The predicted molar refractivity (Wildman–Crippen MR) is 110 cm³/mol. The van der Waals surface area contributed by atoms with Crippen molar-refractivity contribution in [1.29, 1.82) is 0 Å². The maximum atomic E-state index is 5.57. The monoisotopic (exact) mass is 388 g/mol. The van der Waals surface area contributed by atoms with Crippen LogP contribution in [0, 0.1) is 18.8 Å². The molecule has 3 fully saturated rings. The number of hydrogen-bond acceptors (Lipinski definition) is 4. The number of guanidine groups is 1. The van der Waals surface area contributed by atoms with E-state index in [1.54, 1.807) is 0 Å². The van der Waals surface area contributed by atoms with Crippen molar-refractivity contribution < 1.29 is 4.74 Å². The summed E-state index contributed by atoms with van der Waals surface area (Å²) in [6.07, 6.45) is 10.3. The highest BCUT2D eigenvalue weighted by molar-refractivity contribution is 5.80. The van der Waals surface area contributed by atoms with E-state index in [0.29, 0.717) is 12.6 Å². The molecule has 0 bridgehead atoms. The fourth-order valence-electron chi connectivity index (χ4n) is 4.95. The molecule has 7 heteroatoms. The first-order chi connectivity index (χ1) is 13.7. The van der Waals surface area contributed by atoms with Gasteiger partial charge in [0.2, 0.25) is 0 Å². The Bertz CT molecular complexity index is 660. The van der Waals surface area contributed by atoms with Crippen LogP contribution < -0.4 is 5.32 Å². The minimum absolute atomic E-state index is 0.566. The molecule has 0 amide bonds. The van der Waals surface area contributed by atoms with Crippen LogP contribution in [-0.4, -0.2) is 58.0 Å². The normalized spacial score (nSPS) is 25.4. The zero-order valence-electron chi connectivity index (χ0n) is 17.6. The molecule has 1 saturated carbocycles. The van der Waals surface area contributed by atoms with Crippen molar-refractivity contribution >= 4 is 5.96 Å². The Morgan fingerprint density at radius 2 is 1.86 bits per heavy atom. The molecule has 1 unspecified atom stereocenters. The van der Waals surface area contributed by atoms with Gasteiger partial charge in [0.15, 0.2) is 11.8 Å². The van der Waals surface area contributed by atoms with Crippen LogP contribution in [0.4, 0.5) is 0 Å². The SMILES string of the molecule is Cc1nnc(CN=C(NC2CCCCC2)N2CCC(C3CCOCC3)C2)n1C. The molecule has 1 aromatic rings. The molecular weight excluding hydrogens is 352 g/mol. The average Bonchev–Trinajstić information content (AvgIpc) is 3.35. The van der Waals surface area contributed by atoms with Crippen molar-refractivity contribution in [2.45, 2.75) is 70.9 Å². The van der Waals surface area contributed by atoms with Gasteiger partial charge in [0.05, 0.1) is 0 Å². The summed E-state index contributed by atoms with van der Waals surface area (Å²) in [5.41, 5.74) is 0. The third-order valence-corrected chi connectivity index (χ3v) is 6.95. The lowest BCUT2D eigenvalue weighted by molar-refractivity contribution is 0.0488. The highest BCUT2D eigenvalue weighted by Crippen LogP contribution is 2.31. The summed E-state index contributed by atoms with van der Waals surface area (Å²) in [6, 6.07) is 0.566. The molecule has 2 saturated heterocycles. The number of likely N-dealkylation sites (tertiary alicyclic amines) is 1. The Labute approximate surface area is 168 Å². The highest BCUT2D eigenvalue weighted by atomic mass is 16.5. The van der Waals surface area contributed by atoms with E-state index in [4.69, 9.17) is 9.73 Å². The van der Waals surface area contributed by atoms with Gasteiger partial charge in [0, 0.05) is 39.4 Å². The van der Waals surface area contributed by atoms with Crippen LogP contribution in [0.5, 0.6) is 0 Å². The first-order valence-corrected chi connectivity index (χ1v) is 11.2. The number of hydrogen-bond donors (Lipinski definition) is 1. The van der Waals surface area contributed by atoms with Crippen molar-refractivity contribution in [3.8, 4) is 0 Å². The molecule has 7 nitrogen and oxygen atoms in total. The maximum Gasteiger partial charge on any atom is 0.194 e. The first kappa shape index (κ1) is 19.7. The fraction of sp³-hybridized carbons (Fsp3) is 0.857. The van der Waals surface area contributed by atoms with E-state index >= 15 is 0 Å². The topological polar surface area (TPSA) is 67.6 Å². The highest BCUT2D eigenvalue weighted by Gasteiger charge is 2.32. The summed E-state index contributed by atoms with van der Waals surface area (Å²) in [5, 5.41) is 12.3. The van der Waals surface area contributed by atoms with Gasteiger partial charge in [-0.15, -0.1) is 10.2 Å². The summed E-state index contributed by atoms with van der Waals surface area (Å²) in [7, 11) is 2.02.